The molecular weight excluding hydrogens is 323 g/mol. The van der Waals surface area contributed by atoms with Crippen molar-refractivity contribution in [3.05, 3.63) is 64.1 Å². The number of halogens is 2. The van der Waals surface area contributed by atoms with Crippen molar-refractivity contribution in [3.63, 3.8) is 0 Å². The number of rotatable bonds is 6. The van der Waals surface area contributed by atoms with Crippen LogP contribution in [0.1, 0.15) is 5.56 Å². The first-order valence-electron chi connectivity index (χ1n) is 6.78. The van der Waals surface area contributed by atoms with E-state index in [1.165, 1.54) is 0 Å². The zero-order chi connectivity index (χ0) is 15.8. The quantitative estimate of drug-likeness (QED) is 0.785. The second kappa shape index (κ2) is 8.51. The normalized spacial score (nSPS) is 10.1. The van der Waals surface area contributed by atoms with Crippen molar-refractivity contribution in [1.82, 2.24) is 10.6 Å². The molecule has 2 aromatic rings. The topological polar surface area (TPSA) is 50.4 Å². The highest BCUT2D eigenvalue weighted by atomic mass is 35.5. The lowest BCUT2D eigenvalue weighted by Crippen LogP contribution is -2.37. The van der Waals surface area contributed by atoms with Crippen LogP contribution in [0, 0.1) is 0 Å². The molecule has 0 aliphatic heterocycles. The van der Waals surface area contributed by atoms with Crippen molar-refractivity contribution < 1.29 is 9.53 Å². The molecule has 2 N–H and O–H groups in total. The van der Waals surface area contributed by atoms with Crippen LogP contribution < -0.4 is 15.4 Å². The second-order valence-corrected chi connectivity index (χ2v) is 5.41. The third-order valence-electron chi connectivity index (χ3n) is 2.82. The molecule has 6 heteroatoms. The van der Waals surface area contributed by atoms with Gasteiger partial charge in [0.05, 0.1) is 6.54 Å². The first-order valence-corrected chi connectivity index (χ1v) is 7.53. The molecule has 116 valence electrons. The molecule has 2 rings (SSSR count). The van der Waals surface area contributed by atoms with E-state index in [2.05, 4.69) is 10.6 Å². The number of carbonyl (C=O) groups excluding carboxylic acids is 1. The summed E-state index contributed by atoms with van der Waals surface area (Å²) < 4.78 is 5.47. The minimum Gasteiger partial charge on any atom is -0.492 e. The van der Waals surface area contributed by atoms with Gasteiger partial charge in [-0.25, -0.2) is 4.79 Å². The van der Waals surface area contributed by atoms with Gasteiger partial charge in [0.2, 0.25) is 0 Å². The zero-order valence-electron chi connectivity index (χ0n) is 11.8. The Morgan fingerprint density at radius 1 is 1.00 bits per heavy atom. The third-order valence-corrected chi connectivity index (χ3v) is 3.31. The van der Waals surface area contributed by atoms with Crippen molar-refractivity contribution in [3.8, 4) is 5.75 Å². The third kappa shape index (κ3) is 5.84. The summed E-state index contributed by atoms with van der Waals surface area (Å²) in [4.78, 5) is 11.6. The van der Waals surface area contributed by atoms with Gasteiger partial charge < -0.3 is 15.4 Å². The monoisotopic (exact) mass is 338 g/mol. The Morgan fingerprint density at radius 3 is 2.50 bits per heavy atom. The van der Waals surface area contributed by atoms with E-state index in [1.54, 1.807) is 24.3 Å². The first kappa shape index (κ1) is 16.5. The minimum atomic E-state index is -0.246. The van der Waals surface area contributed by atoms with Gasteiger partial charge in [-0.05, 0) is 35.9 Å². The molecule has 0 saturated heterocycles. The smallest absolute Gasteiger partial charge is 0.315 e. The standard InChI is InChI=1S/C16H16Cl2N2O2/c17-13-6-4-12(5-7-13)11-20-16(21)19-8-9-22-15-3-1-2-14(18)10-15/h1-7,10H,8-9,11H2,(H2,19,20,21). The maximum absolute atomic E-state index is 11.6. The summed E-state index contributed by atoms with van der Waals surface area (Å²) in [5.41, 5.74) is 0.981. The van der Waals surface area contributed by atoms with Gasteiger partial charge in [0.15, 0.2) is 0 Å². The van der Waals surface area contributed by atoms with Crippen LogP contribution in [0.15, 0.2) is 48.5 Å². The van der Waals surface area contributed by atoms with Crippen molar-refractivity contribution in [2.75, 3.05) is 13.2 Å². The van der Waals surface area contributed by atoms with Gasteiger partial charge in [-0.15, -0.1) is 0 Å². The van der Waals surface area contributed by atoms with Crippen LogP contribution in [0.3, 0.4) is 0 Å². The van der Waals surface area contributed by atoms with Gasteiger partial charge in [0.1, 0.15) is 12.4 Å². The molecule has 0 saturated carbocycles. The number of hydrogen-bond acceptors (Lipinski definition) is 2. The maximum atomic E-state index is 11.6. The zero-order valence-corrected chi connectivity index (χ0v) is 13.3. The average Bonchev–Trinajstić information content (AvgIpc) is 2.51. The fourth-order valence-corrected chi connectivity index (χ4v) is 2.04. The van der Waals surface area contributed by atoms with Gasteiger partial charge in [-0.1, -0.05) is 41.4 Å². The van der Waals surface area contributed by atoms with Crippen LogP contribution in [-0.4, -0.2) is 19.2 Å². The van der Waals surface area contributed by atoms with Crippen molar-refractivity contribution in [2.45, 2.75) is 6.54 Å². The van der Waals surface area contributed by atoms with Crippen LogP contribution in [-0.2, 0) is 6.54 Å². The predicted octanol–water partition coefficient (Wildman–Crippen LogP) is 3.87. The number of amides is 2. The van der Waals surface area contributed by atoms with E-state index in [-0.39, 0.29) is 6.03 Å². The largest absolute Gasteiger partial charge is 0.492 e. The Hall–Kier alpha value is -1.91. The summed E-state index contributed by atoms with van der Waals surface area (Å²) in [6.45, 7) is 1.21. The number of nitrogens with one attached hydrogen (secondary N) is 2. The summed E-state index contributed by atoms with van der Waals surface area (Å²) in [6, 6.07) is 14.2. The molecule has 0 aliphatic carbocycles. The lowest BCUT2D eigenvalue weighted by atomic mass is 10.2. The fraction of sp³-hybridized carbons (Fsp3) is 0.188. The lowest BCUT2D eigenvalue weighted by Gasteiger charge is -2.09. The van der Waals surface area contributed by atoms with E-state index < -0.39 is 0 Å². The molecular formula is C16H16Cl2N2O2. The van der Waals surface area contributed by atoms with Gasteiger partial charge in [-0.3, -0.25) is 0 Å². The molecule has 2 aromatic carbocycles. The molecule has 0 spiro atoms. The molecule has 2 amide bonds. The van der Waals surface area contributed by atoms with Crippen LogP contribution in [0.4, 0.5) is 4.79 Å². The van der Waals surface area contributed by atoms with E-state index in [9.17, 15) is 4.79 Å². The molecule has 4 nitrogen and oxygen atoms in total. The highest BCUT2D eigenvalue weighted by Gasteiger charge is 2.01. The molecule has 0 radical (unpaired) electrons. The minimum absolute atomic E-state index is 0.246. The maximum Gasteiger partial charge on any atom is 0.315 e. The summed E-state index contributed by atoms with van der Waals surface area (Å²) in [7, 11) is 0. The Bertz CT molecular complexity index is 618. The molecule has 0 heterocycles. The number of benzene rings is 2. The van der Waals surface area contributed by atoms with E-state index in [1.807, 2.05) is 24.3 Å². The first-order chi connectivity index (χ1) is 10.6. The second-order valence-electron chi connectivity index (χ2n) is 4.54. The number of carbonyl (C=O) groups is 1. The van der Waals surface area contributed by atoms with E-state index in [0.29, 0.717) is 35.5 Å². The molecule has 0 aliphatic rings. The van der Waals surface area contributed by atoms with Crippen molar-refractivity contribution in [1.29, 1.82) is 0 Å². The predicted molar refractivity (Wildman–Crippen MR) is 88.6 cm³/mol. The van der Waals surface area contributed by atoms with E-state index >= 15 is 0 Å². The molecule has 0 bridgehead atoms. The summed E-state index contributed by atoms with van der Waals surface area (Å²) in [5, 5.41) is 6.76. The van der Waals surface area contributed by atoms with Crippen LogP contribution >= 0.6 is 23.2 Å². The Balaban J connectivity index is 1.62. The van der Waals surface area contributed by atoms with E-state index in [0.717, 1.165) is 5.56 Å². The Labute approximate surface area is 139 Å². The van der Waals surface area contributed by atoms with Gasteiger partial charge >= 0.3 is 6.03 Å². The molecule has 0 unspecified atom stereocenters. The Kier molecular flexibility index (Phi) is 6.37. The van der Waals surface area contributed by atoms with Gasteiger partial charge in [-0.2, -0.15) is 0 Å². The number of urea groups is 1. The molecule has 22 heavy (non-hydrogen) atoms. The molecule has 0 fully saturated rings. The Morgan fingerprint density at radius 2 is 1.77 bits per heavy atom. The molecule has 0 atom stereocenters. The fourth-order valence-electron chi connectivity index (χ4n) is 1.74. The summed E-state index contributed by atoms with van der Waals surface area (Å²) in [6.07, 6.45) is 0. The van der Waals surface area contributed by atoms with Crippen LogP contribution in [0.2, 0.25) is 10.0 Å². The van der Waals surface area contributed by atoms with Crippen LogP contribution in [0.25, 0.3) is 0 Å². The number of ether oxygens (including phenoxy) is 1. The number of hydrogen-bond donors (Lipinski definition) is 2. The summed E-state index contributed by atoms with van der Waals surface area (Å²) in [5.74, 6) is 0.677. The lowest BCUT2D eigenvalue weighted by molar-refractivity contribution is 0.236. The van der Waals surface area contributed by atoms with Gasteiger partial charge in [0.25, 0.3) is 0 Å². The van der Waals surface area contributed by atoms with Crippen molar-refractivity contribution >= 4 is 29.2 Å². The van der Waals surface area contributed by atoms with E-state index in [4.69, 9.17) is 27.9 Å². The highest BCUT2D eigenvalue weighted by Crippen LogP contribution is 2.16. The van der Waals surface area contributed by atoms with Crippen LogP contribution in [0.5, 0.6) is 5.75 Å². The van der Waals surface area contributed by atoms with Gasteiger partial charge in [0, 0.05) is 16.6 Å². The van der Waals surface area contributed by atoms with Crippen molar-refractivity contribution in [2.24, 2.45) is 0 Å². The summed E-state index contributed by atoms with van der Waals surface area (Å²) >= 11 is 11.6. The average molecular weight is 339 g/mol. The SMILES string of the molecule is O=C(NCCOc1cccc(Cl)c1)NCc1ccc(Cl)cc1. The highest BCUT2D eigenvalue weighted by molar-refractivity contribution is 6.30. The molecule has 0 aromatic heterocycles.